The van der Waals surface area contributed by atoms with Crippen LogP contribution < -0.4 is 11.1 Å². The molecule has 0 aliphatic carbocycles. The maximum Gasteiger partial charge on any atom is 0.416 e. The van der Waals surface area contributed by atoms with E-state index in [1.165, 1.54) is 6.07 Å². The molecule has 0 spiro atoms. The number of nitrogens with two attached hydrogens (primary N) is 1. The molecule has 3 N–H and O–H groups in total. The second-order valence-corrected chi connectivity index (χ2v) is 4.98. The van der Waals surface area contributed by atoms with Gasteiger partial charge in [-0.1, -0.05) is 19.1 Å². The second kappa shape index (κ2) is 6.26. The molecule has 0 aromatic heterocycles. The molecule has 0 fully saturated rings. The molecule has 6 heteroatoms. The van der Waals surface area contributed by atoms with Crippen LogP contribution >= 0.6 is 0 Å². The maximum absolute atomic E-state index is 12.8. The molecule has 0 bridgehead atoms. The highest BCUT2D eigenvalue weighted by atomic mass is 19.4. The first-order chi connectivity index (χ1) is 9.19. The predicted octanol–water partition coefficient (Wildman–Crippen LogP) is 2.80. The smallest absolute Gasteiger partial charge is 0.370 e. The Bertz CT molecular complexity index is 474. The normalized spacial score (nSPS) is 14.8. The van der Waals surface area contributed by atoms with E-state index in [1.807, 2.05) is 6.92 Å². The zero-order valence-electron chi connectivity index (χ0n) is 11.6. The number of carbonyl (C=O) groups excluding carboxylic acids is 1. The van der Waals surface area contributed by atoms with Crippen molar-refractivity contribution in [3.8, 4) is 0 Å². The topological polar surface area (TPSA) is 55.1 Å². The fraction of sp³-hybridized carbons (Fsp3) is 0.500. The molecule has 0 heterocycles. The van der Waals surface area contributed by atoms with Gasteiger partial charge in [-0.25, -0.2) is 0 Å². The van der Waals surface area contributed by atoms with Gasteiger partial charge in [-0.3, -0.25) is 4.79 Å². The van der Waals surface area contributed by atoms with Crippen LogP contribution in [0.15, 0.2) is 24.3 Å². The predicted molar refractivity (Wildman–Crippen MR) is 70.9 cm³/mol. The minimum Gasteiger partial charge on any atom is -0.370 e. The summed E-state index contributed by atoms with van der Waals surface area (Å²) in [5, 5.41) is 3.10. The molecule has 1 unspecified atom stereocenters. The van der Waals surface area contributed by atoms with Crippen molar-refractivity contribution < 1.29 is 18.0 Å². The molecule has 1 aromatic rings. The van der Waals surface area contributed by atoms with Gasteiger partial charge in [-0.15, -0.1) is 0 Å². The quantitative estimate of drug-likeness (QED) is 0.845. The molecule has 1 amide bonds. The molecule has 1 atom stereocenters. The van der Waals surface area contributed by atoms with Crippen molar-refractivity contribution in [3.05, 3.63) is 35.4 Å². The molecule has 1 aromatic carbocycles. The van der Waals surface area contributed by atoms with Gasteiger partial charge in [0, 0.05) is 12.0 Å². The lowest BCUT2D eigenvalue weighted by molar-refractivity contribution is -0.137. The van der Waals surface area contributed by atoms with Crippen LogP contribution in [-0.4, -0.2) is 12.5 Å². The van der Waals surface area contributed by atoms with Crippen LogP contribution in [0.25, 0.3) is 0 Å². The number of benzene rings is 1. The van der Waals surface area contributed by atoms with Crippen LogP contribution in [0.2, 0.25) is 0 Å². The van der Waals surface area contributed by atoms with Crippen LogP contribution in [0.4, 0.5) is 13.2 Å². The van der Waals surface area contributed by atoms with Crippen molar-refractivity contribution >= 4 is 5.91 Å². The highest BCUT2D eigenvalue weighted by Crippen LogP contribution is 2.33. The van der Waals surface area contributed by atoms with E-state index in [0.29, 0.717) is 12.1 Å². The highest BCUT2D eigenvalue weighted by molar-refractivity contribution is 5.75. The highest BCUT2D eigenvalue weighted by Gasteiger charge is 2.34. The van der Waals surface area contributed by atoms with E-state index in [0.717, 1.165) is 18.6 Å². The molecule has 0 radical (unpaired) electrons. The SMILES string of the molecule is CCCNC(C)(CC(N)=O)c1cccc(C(F)(F)F)c1. The Morgan fingerprint density at radius 2 is 1.90 bits per heavy atom. The van der Waals surface area contributed by atoms with Gasteiger partial charge in [-0.05, 0) is 37.6 Å². The standard InChI is InChI=1S/C14H19F3N2O/c1-3-7-19-13(2,9-12(18)20)10-5-4-6-11(8-10)14(15,16)17/h4-6,8,19H,3,7,9H2,1-2H3,(H2,18,20). The third-order valence-corrected chi connectivity index (χ3v) is 3.12. The molecule has 20 heavy (non-hydrogen) atoms. The van der Waals surface area contributed by atoms with Crippen molar-refractivity contribution in [1.29, 1.82) is 0 Å². The first-order valence-corrected chi connectivity index (χ1v) is 6.40. The van der Waals surface area contributed by atoms with Gasteiger partial charge in [0.05, 0.1) is 5.56 Å². The number of halogens is 3. The van der Waals surface area contributed by atoms with E-state index in [4.69, 9.17) is 5.73 Å². The molecular weight excluding hydrogens is 269 g/mol. The monoisotopic (exact) mass is 288 g/mol. The summed E-state index contributed by atoms with van der Waals surface area (Å²) in [6, 6.07) is 4.98. The average Bonchev–Trinajstić information content (AvgIpc) is 2.35. The van der Waals surface area contributed by atoms with Gasteiger partial charge in [-0.2, -0.15) is 13.2 Å². The minimum atomic E-state index is -4.41. The fourth-order valence-electron chi connectivity index (χ4n) is 2.05. The van der Waals surface area contributed by atoms with Gasteiger partial charge < -0.3 is 11.1 Å². The number of alkyl halides is 3. The number of carbonyl (C=O) groups is 1. The number of hydrogen-bond acceptors (Lipinski definition) is 2. The lowest BCUT2D eigenvalue weighted by Gasteiger charge is -2.31. The second-order valence-electron chi connectivity index (χ2n) is 4.98. The van der Waals surface area contributed by atoms with E-state index >= 15 is 0 Å². The van der Waals surface area contributed by atoms with Crippen molar-refractivity contribution in [3.63, 3.8) is 0 Å². The zero-order chi connectivity index (χ0) is 15.4. The summed E-state index contributed by atoms with van der Waals surface area (Å²) in [6.45, 7) is 4.20. The first-order valence-electron chi connectivity index (χ1n) is 6.40. The molecule has 0 aliphatic rings. The van der Waals surface area contributed by atoms with Crippen LogP contribution in [0, 0.1) is 0 Å². The Kier molecular flexibility index (Phi) is 5.16. The Hall–Kier alpha value is -1.56. The van der Waals surface area contributed by atoms with E-state index in [2.05, 4.69) is 5.32 Å². The molecule has 3 nitrogen and oxygen atoms in total. The van der Waals surface area contributed by atoms with Crippen molar-refractivity contribution in [2.45, 2.75) is 38.4 Å². The number of primary amides is 1. The summed E-state index contributed by atoms with van der Waals surface area (Å²) in [7, 11) is 0. The number of amides is 1. The molecular formula is C14H19F3N2O. The van der Waals surface area contributed by atoms with Gasteiger partial charge in [0.25, 0.3) is 0 Å². The van der Waals surface area contributed by atoms with Crippen LogP contribution in [0.1, 0.15) is 37.8 Å². The number of rotatable bonds is 6. The molecule has 0 aliphatic heterocycles. The summed E-state index contributed by atoms with van der Waals surface area (Å²) >= 11 is 0. The van der Waals surface area contributed by atoms with Crippen molar-refractivity contribution in [1.82, 2.24) is 5.32 Å². The Labute approximate surface area is 116 Å². The van der Waals surface area contributed by atoms with Crippen LogP contribution in [0.3, 0.4) is 0 Å². The average molecular weight is 288 g/mol. The Morgan fingerprint density at radius 1 is 1.30 bits per heavy atom. The van der Waals surface area contributed by atoms with E-state index in [-0.39, 0.29) is 6.42 Å². The largest absolute Gasteiger partial charge is 0.416 e. The molecule has 112 valence electrons. The Balaban J connectivity index is 3.16. The van der Waals surface area contributed by atoms with Crippen LogP contribution in [-0.2, 0) is 16.5 Å². The molecule has 0 saturated carbocycles. The molecule has 0 saturated heterocycles. The van der Waals surface area contributed by atoms with Crippen molar-refractivity contribution in [2.75, 3.05) is 6.54 Å². The third-order valence-electron chi connectivity index (χ3n) is 3.12. The molecule has 1 rings (SSSR count). The third kappa shape index (κ3) is 4.23. The van der Waals surface area contributed by atoms with E-state index < -0.39 is 23.2 Å². The Morgan fingerprint density at radius 3 is 2.40 bits per heavy atom. The summed E-state index contributed by atoms with van der Waals surface area (Å²) in [6.07, 6.45) is -3.67. The minimum absolute atomic E-state index is 0.0612. The lowest BCUT2D eigenvalue weighted by Crippen LogP contribution is -2.43. The first kappa shape index (κ1) is 16.5. The van der Waals surface area contributed by atoms with E-state index in [1.54, 1.807) is 13.0 Å². The van der Waals surface area contributed by atoms with Crippen molar-refractivity contribution in [2.24, 2.45) is 5.73 Å². The van der Waals surface area contributed by atoms with Gasteiger partial charge in [0.1, 0.15) is 0 Å². The zero-order valence-corrected chi connectivity index (χ0v) is 11.6. The van der Waals surface area contributed by atoms with E-state index in [9.17, 15) is 18.0 Å². The summed E-state index contributed by atoms with van der Waals surface area (Å²) < 4.78 is 38.3. The summed E-state index contributed by atoms with van der Waals surface area (Å²) in [4.78, 5) is 11.2. The summed E-state index contributed by atoms with van der Waals surface area (Å²) in [5.74, 6) is -0.562. The summed E-state index contributed by atoms with van der Waals surface area (Å²) in [5.41, 5.74) is 3.98. The van der Waals surface area contributed by atoms with Gasteiger partial charge in [0.2, 0.25) is 5.91 Å². The fourth-order valence-corrected chi connectivity index (χ4v) is 2.05. The maximum atomic E-state index is 12.8. The number of nitrogens with one attached hydrogen (secondary N) is 1. The number of hydrogen-bond donors (Lipinski definition) is 2. The lowest BCUT2D eigenvalue weighted by atomic mass is 9.87. The van der Waals surface area contributed by atoms with Crippen LogP contribution in [0.5, 0.6) is 0 Å². The van der Waals surface area contributed by atoms with Gasteiger partial charge in [0.15, 0.2) is 0 Å². The van der Waals surface area contributed by atoms with Gasteiger partial charge >= 0.3 is 6.18 Å².